The molecule has 1 aliphatic carbocycles. The van der Waals surface area contributed by atoms with E-state index in [1.807, 2.05) is 12.1 Å². The van der Waals surface area contributed by atoms with Crippen LogP contribution < -0.4 is 10.6 Å². The van der Waals surface area contributed by atoms with Crippen LogP contribution in [0.3, 0.4) is 0 Å². The molecule has 3 nitrogen and oxygen atoms in total. The minimum absolute atomic E-state index is 0.0257. The minimum atomic E-state index is -0.0257. The highest BCUT2D eigenvalue weighted by molar-refractivity contribution is 5.89. The highest BCUT2D eigenvalue weighted by Crippen LogP contribution is 2.32. The molecule has 2 N–H and O–H groups in total. The fourth-order valence-electron chi connectivity index (χ4n) is 3.21. The molecule has 0 saturated heterocycles. The average Bonchev–Trinajstić information content (AvgIpc) is 2.42. The number of hydrogen-bond donors (Lipinski definition) is 2. The molecule has 0 unspecified atom stereocenters. The molecule has 1 amide bonds. The van der Waals surface area contributed by atoms with E-state index in [9.17, 15) is 4.79 Å². The zero-order valence-electron chi connectivity index (χ0n) is 13.7. The van der Waals surface area contributed by atoms with E-state index < -0.39 is 0 Å². The first kappa shape index (κ1) is 15.9. The maximum Gasteiger partial charge on any atom is 0.221 e. The molecule has 0 aliphatic heterocycles. The third-order valence-corrected chi connectivity index (χ3v) is 4.63. The Bertz CT molecular complexity index is 488. The molecule has 1 aliphatic rings. The Hall–Kier alpha value is -1.51. The van der Waals surface area contributed by atoms with Gasteiger partial charge in [0.15, 0.2) is 0 Å². The quantitative estimate of drug-likeness (QED) is 0.851. The Morgan fingerprint density at radius 1 is 1.19 bits per heavy atom. The summed E-state index contributed by atoms with van der Waals surface area (Å²) in [5.41, 5.74) is 3.25. The van der Waals surface area contributed by atoms with Crippen molar-refractivity contribution in [3.63, 3.8) is 0 Å². The van der Waals surface area contributed by atoms with Crippen LogP contribution in [-0.4, -0.2) is 11.9 Å². The number of rotatable bonds is 4. The minimum Gasteiger partial charge on any atom is -0.382 e. The molecular formula is C18H28N2O. The first-order valence-corrected chi connectivity index (χ1v) is 8.10. The number of benzene rings is 1. The largest absolute Gasteiger partial charge is 0.382 e. The molecule has 1 saturated carbocycles. The lowest BCUT2D eigenvalue weighted by molar-refractivity contribution is -0.114. The van der Waals surface area contributed by atoms with Gasteiger partial charge in [0.1, 0.15) is 0 Å². The normalized spacial score (nSPS) is 22.1. The zero-order chi connectivity index (χ0) is 15.4. The Balaban J connectivity index is 1.98. The summed E-state index contributed by atoms with van der Waals surface area (Å²) in [6, 6.07) is 6.63. The standard InChI is InChI=1S/C18H28N2O/c1-12(2)15-6-9-16(10-7-15)20-18-11-17(19-14(4)21)8-5-13(18)3/h5,8,11-12,15-16,20H,6-7,9-10H2,1-4H3,(H,19,21). The molecular weight excluding hydrogens is 260 g/mol. The summed E-state index contributed by atoms with van der Waals surface area (Å²) in [5, 5.41) is 6.52. The molecule has 1 aromatic carbocycles. The Morgan fingerprint density at radius 3 is 2.43 bits per heavy atom. The Kier molecular flexibility index (Phi) is 5.27. The average molecular weight is 288 g/mol. The van der Waals surface area contributed by atoms with Crippen LogP contribution in [0.25, 0.3) is 0 Å². The number of anilines is 2. The summed E-state index contributed by atoms with van der Waals surface area (Å²) in [6.07, 6.45) is 5.12. The van der Waals surface area contributed by atoms with Crippen LogP contribution >= 0.6 is 0 Å². The molecule has 0 spiro atoms. The lowest BCUT2D eigenvalue weighted by Crippen LogP contribution is -2.28. The molecule has 2 rings (SSSR count). The zero-order valence-corrected chi connectivity index (χ0v) is 13.7. The van der Waals surface area contributed by atoms with Crippen molar-refractivity contribution in [3.8, 4) is 0 Å². The van der Waals surface area contributed by atoms with E-state index in [-0.39, 0.29) is 5.91 Å². The molecule has 3 heteroatoms. The van der Waals surface area contributed by atoms with Gasteiger partial charge in [-0.2, -0.15) is 0 Å². The van der Waals surface area contributed by atoms with Gasteiger partial charge in [-0.3, -0.25) is 4.79 Å². The topological polar surface area (TPSA) is 41.1 Å². The molecule has 0 aromatic heterocycles. The third kappa shape index (κ3) is 4.48. The van der Waals surface area contributed by atoms with Gasteiger partial charge < -0.3 is 10.6 Å². The van der Waals surface area contributed by atoms with Gasteiger partial charge in [0.25, 0.3) is 0 Å². The number of carbonyl (C=O) groups is 1. The molecule has 0 heterocycles. The van der Waals surface area contributed by atoms with Gasteiger partial charge in [-0.1, -0.05) is 19.9 Å². The molecule has 0 atom stereocenters. The highest BCUT2D eigenvalue weighted by Gasteiger charge is 2.23. The summed E-state index contributed by atoms with van der Waals surface area (Å²) < 4.78 is 0. The van der Waals surface area contributed by atoms with Crippen LogP contribution in [0.4, 0.5) is 11.4 Å². The van der Waals surface area contributed by atoms with E-state index >= 15 is 0 Å². The number of nitrogens with one attached hydrogen (secondary N) is 2. The monoisotopic (exact) mass is 288 g/mol. The lowest BCUT2D eigenvalue weighted by atomic mass is 9.79. The number of aryl methyl sites for hydroxylation is 1. The molecule has 1 fully saturated rings. The fourth-order valence-corrected chi connectivity index (χ4v) is 3.21. The van der Waals surface area contributed by atoms with Crippen molar-refractivity contribution in [2.45, 2.75) is 59.4 Å². The highest BCUT2D eigenvalue weighted by atomic mass is 16.1. The maximum absolute atomic E-state index is 11.2. The predicted molar refractivity (Wildman–Crippen MR) is 89.7 cm³/mol. The van der Waals surface area contributed by atoms with Crippen molar-refractivity contribution < 1.29 is 4.79 Å². The van der Waals surface area contributed by atoms with E-state index in [0.29, 0.717) is 6.04 Å². The number of amides is 1. The second-order valence-corrected chi connectivity index (χ2v) is 6.71. The Labute approximate surface area is 128 Å². The van der Waals surface area contributed by atoms with Crippen LogP contribution in [0.15, 0.2) is 18.2 Å². The van der Waals surface area contributed by atoms with E-state index in [0.717, 1.165) is 23.2 Å². The molecule has 21 heavy (non-hydrogen) atoms. The Morgan fingerprint density at radius 2 is 1.86 bits per heavy atom. The predicted octanol–water partition coefficient (Wildman–Crippen LogP) is 4.58. The van der Waals surface area contributed by atoms with Gasteiger partial charge in [0, 0.05) is 24.3 Å². The van der Waals surface area contributed by atoms with Crippen LogP contribution in [0.5, 0.6) is 0 Å². The summed E-state index contributed by atoms with van der Waals surface area (Å²) in [5.74, 6) is 1.66. The first-order chi connectivity index (χ1) is 9.95. The lowest BCUT2D eigenvalue weighted by Gasteiger charge is -2.32. The SMILES string of the molecule is CC(=O)Nc1ccc(C)c(NC2CCC(C(C)C)CC2)c1. The van der Waals surface area contributed by atoms with Crippen molar-refractivity contribution >= 4 is 17.3 Å². The summed E-state index contributed by atoms with van der Waals surface area (Å²) in [6.45, 7) is 8.32. The number of carbonyl (C=O) groups excluding carboxylic acids is 1. The summed E-state index contributed by atoms with van der Waals surface area (Å²) in [4.78, 5) is 11.2. The van der Waals surface area contributed by atoms with Gasteiger partial charge in [-0.15, -0.1) is 0 Å². The van der Waals surface area contributed by atoms with Gasteiger partial charge >= 0.3 is 0 Å². The second-order valence-electron chi connectivity index (χ2n) is 6.71. The molecule has 1 aromatic rings. The first-order valence-electron chi connectivity index (χ1n) is 8.10. The van der Waals surface area contributed by atoms with E-state index in [2.05, 4.69) is 37.5 Å². The van der Waals surface area contributed by atoms with Crippen molar-refractivity contribution in [2.75, 3.05) is 10.6 Å². The van der Waals surface area contributed by atoms with E-state index in [1.54, 1.807) is 6.92 Å². The molecule has 0 radical (unpaired) electrons. The fraction of sp³-hybridized carbons (Fsp3) is 0.611. The van der Waals surface area contributed by atoms with E-state index in [4.69, 9.17) is 0 Å². The van der Waals surface area contributed by atoms with E-state index in [1.165, 1.54) is 31.2 Å². The van der Waals surface area contributed by atoms with Crippen molar-refractivity contribution in [1.29, 1.82) is 0 Å². The summed E-state index contributed by atoms with van der Waals surface area (Å²) in [7, 11) is 0. The maximum atomic E-state index is 11.2. The van der Waals surface area contributed by atoms with Gasteiger partial charge in [0.05, 0.1) is 0 Å². The summed E-state index contributed by atoms with van der Waals surface area (Å²) >= 11 is 0. The van der Waals surface area contributed by atoms with Crippen LogP contribution in [0.1, 0.15) is 52.0 Å². The van der Waals surface area contributed by atoms with Gasteiger partial charge in [0.2, 0.25) is 5.91 Å². The van der Waals surface area contributed by atoms with Crippen molar-refractivity contribution in [1.82, 2.24) is 0 Å². The van der Waals surface area contributed by atoms with Crippen LogP contribution in [0.2, 0.25) is 0 Å². The molecule has 0 bridgehead atoms. The van der Waals surface area contributed by atoms with Crippen molar-refractivity contribution in [2.24, 2.45) is 11.8 Å². The van der Waals surface area contributed by atoms with Gasteiger partial charge in [-0.25, -0.2) is 0 Å². The molecule has 116 valence electrons. The third-order valence-electron chi connectivity index (χ3n) is 4.63. The van der Waals surface area contributed by atoms with Crippen LogP contribution in [-0.2, 0) is 4.79 Å². The van der Waals surface area contributed by atoms with Crippen LogP contribution in [0, 0.1) is 18.8 Å². The van der Waals surface area contributed by atoms with Crippen molar-refractivity contribution in [3.05, 3.63) is 23.8 Å². The smallest absolute Gasteiger partial charge is 0.221 e. The second kappa shape index (κ2) is 6.97. The van der Waals surface area contributed by atoms with Gasteiger partial charge in [-0.05, 0) is 62.1 Å². The number of hydrogen-bond acceptors (Lipinski definition) is 2.